The maximum Gasteiger partial charge on any atom is 0.263 e. The minimum absolute atomic E-state index is 0.0981. The number of anilines is 3. The first-order valence-corrected chi connectivity index (χ1v) is 11.1. The maximum absolute atomic E-state index is 13.0. The molecule has 7 nitrogen and oxygen atoms in total. The van der Waals surface area contributed by atoms with Crippen molar-refractivity contribution in [3.8, 4) is 5.75 Å². The second-order valence-electron chi connectivity index (χ2n) is 7.13. The molecule has 0 saturated carbocycles. The second-order valence-corrected chi connectivity index (χ2v) is 8.82. The van der Waals surface area contributed by atoms with Crippen LogP contribution in [-0.2, 0) is 10.0 Å². The molecule has 0 unspecified atom stereocenters. The van der Waals surface area contributed by atoms with Crippen LogP contribution in [0.15, 0.2) is 71.6 Å². The summed E-state index contributed by atoms with van der Waals surface area (Å²) in [5.41, 5.74) is 4.14. The van der Waals surface area contributed by atoms with E-state index in [-0.39, 0.29) is 10.7 Å². The Morgan fingerprint density at radius 3 is 2.13 bits per heavy atom. The van der Waals surface area contributed by atoms with Crippen LogP contribution in [0.1, 0.15) is 11.1 Å². The molecule has 1 aromatic heterocycles. The fourth-order valence-corrected chi connectivity index (χ4v) is 4.11. The van der Waals surface area contributed by atoms with Crippen LogP contribution in [0.3, 0.4) is 0 Å². The van der Waals surface area contributed by atoms with Crippen LogP contribution < -0.4 is 14.8 Å². The Balaban J connectivity index is 1.78. The van der Waals surface area contributed by atoms with Crippen LogP contribution in [0.4, 0.5) is 17.3 Å². The highest BCUT2D eigenvalue weighted by molar-refractivity contribution is 7.92. The number of hydrogen-bond donors (Lipinski definition) is 2. The van der Waals surface area contributed by atoms with Gasteiger partial charge in [-0.05, 0) is 67.4 Å². The second kappa shape index (κ2) is 8.23. The van der Waals surface area contributed by atoms with Crippen molar-refractivity contribution < 1.29 is 13.2 Å². The summed E-state index contributed by atoms with van der Waals surface area (Å²) in [6, 6.07) is 19.4. The monoisotopic (exact) mass is 434 g/mol. The van der Waals surface area contributed by atoms with Crippen LogP contribution in [0.25, 0.3) is 11.0 Å². The fourth-order valence-electron chi connectivity index (χ4n) is 3.10. The van der Waals surface area contributed by atoms with E-state index in [4.69, 9.17) is 4.74 Å². The lowest BCUT2D eigenvalue weighted by Gasteiger charge is -2.15. The average Bonchev–Trinajstić information content (AvgIpc) is 2.76. The molecule has 2 N–H and O–H groups in total. The lowest BCUT2D eigenvalue weighted by Crippen LogP contribution is -2.16. The Hall–Kier alpha value is -3.65. The van der Waals surface area contributed by atoms with Crippen molar-refractivity contribution in [2.45, 2.75) is 18.7 Å². The first-order valence-electron chi connectivity index (χ1n) is 9.64. The number of nitrogens with zero attached hydrogens (tertiary/aromatic N) is 2. The summed E-state index contributed by atoms with van der Waals surface area (Å²) < 4.78 is 33.7. The Morgan fingerprint density at radius 2 is 1.48 bits per heavy atom. The van der Waals surface area contributed by atoms with Gasteiger partial charge in [0.2, 0.25) is 0 Å². The highest BCUT2D eigenvalue weighted by Crippen LogP contribution is 2.29. The van der Waals surface area contributed by atoms with Gasteiger partial charge in [0, 0.05) is 5.69 Å². The molecule has 0 spiro atoms. The molecule has 1 heterocycles. The molecular weight excluding hydrogens is 412 g/mol. The molecule has 4 aromatic rings. The van der Waals surface area contributed by atoms with Crippen molar-refractivity contribution in [2.75, 3.05) is 17.1 Å². The van der Waals surface area contributed by atoms with Crippen molar-refractivity contribution >= 4 is 38.4 Å². The normalized spacial score (nSPS) is 11.3. The van der Waals surface area contributed by atoms with Gasteiger partial charge in [-0.15, -0.1) is 0 Å². The summed E-state index contributed by atoms with van der Waals surface area (Å²) in [5, 5.41) is 3.25. The quantitative estimate of drug-likeness (QED) is 0.453. The molecule has 0 aliphatic rings. The standard InChI is InChI=1S/C23H22N4O3S/c1-15-8-9-16(2)21(14-15)26-22-23(25-20-7-5-4-6-19(20)24-22)27-31(28,29)18-12-10-17(30-3)11-13-18/h4-14H,1-3H3,(H,24,26)(H,25,27). The summed E-state index contributed by atoms with van der Waals surface area (Å²) in [5.74, 6) is 1.02. The number of ether oxygens (including phenoxy) is 1. The number of methoxy groups -OCH3 is 1. The predicted molar refractivity (Wildman–Crippen MR) is 123 cm³/mol. The third kappa shape index (κ3) is 4.44. The van der Waals surface area contributed by atoms with E-state index in [9.17, 15) is 8.42 Å². The van der Waals surface area contributed by atoms with Gasteiger partial charge in [-0.3, -0.25) is 4.72 Å². The third-order valence-corrected chi connectivity index (χ3v) is 6.17. The fraction of sp³-hybridized carbons (Fsp3) is 0.130. The van der Waals surface area contributed by atoms with Gasteiger partial charge in [0.25, 0.3) is 10.0 Å². The Bertz CT molecular complexity index is 1350. The van der Waals surface area contributed by atoms with Crippen LogP contribution >= 0.6 is 0 Å². The van der Waals surface area contributed by atoms with E-state index >= 15 is 0 Å². The number of rotatable bonds is 6. The smallest absolute Gasteiger partial charge is 0.263 e. The molecule has 0 amide bonds. The Kier molecular flexibility index (Phi) is 5.48. The van der Waals surface area contributed by atoms with E-state index in [1.165, 1.54) is 19.2 Å². The lowest BCUT2D eigenvalue weighted by molar-refractivity contribution is 0.414. The minimum Gasteiger partial charge on any atom is -0.497 e. The van der Waals surface area contributed by atoms with Crippen molar-refractivity contribution in [1.82, 2.24) is 9.97 Å². The van der Waals surface area contributed by atoms with Gasteiger partial charge in [-0.2, -0.15) is 0 Å². The zero-order valence-corrected chi connectivity index (χ0v) is 18.2. The summed E-state index contributed by atoms with van der Waals surface area (Å²) in [4.78, 5) is 9.25. The number of aromatic nitrogens is 2. The molecule has 158 valence electrons. The first-order chi connectivity index (χ1) is 14.9. The number of fused-ring (bicyclic) bond motifs is 1. The number of aryl methyl sites for hydroxylation is 2. The Labute approximate surface area is 181 Å². The maximum atomic E-state index is 13.0. The zero-order valence-electron chi connectivity index (χ0n) is 17.4. The van der Waals surface area contributed by atoms with E-state index in [1.807, 2.05) is 50.2 Å². The molecule has 31 heavy (non-hydrogen) atoms. The summed E-state index contributed by atoms with van der Waals surface area (Å²) in [6.45, 7) is 3.96. The highest BCUT2D eigenvalue weighted by atomic mass is 32.2. The van der Waals surface area contributed by atoms with Gasteiger partial charge in [-0.1, -0.05) is 24.3 Å². The molecule has 3 aromatic carbocycles. The summed E-state index contributed by atoms with van der Waals surface area (Å²) in [7, 11) is -2.36. The molecule has 0 atom stereocenters. The zero-order chi connectivity index (χ0) is 22.0. The van der Waals surface area contributed by atoms with E-state index in [2.05, 4.69) is 20.0 Å². The molecule has 0 bridgehead atoms. The van der Waals surface area contributed by atoms with Gasteiger partial charge in [0.15, 0.2) is 11.6 Å². The van der Waals surface area contributed by atoms with Gasteiger partial charge in [0.1, 0.15) is 5.75 Å². The number of hydrogen-bond acceptors (Lipinski definition) is 6. The van der Waals surface area contributed by atoms with E-state index in [0.29, 0.717) is 22.6 Å². The van der Waals surface area contributed by atoms with Crippen LogP contribution in [-0.4, -0.2) is 25.5 Å². The number of benzene rings is 3. The molecule has 0 fully saturated rings. The molecule has 4 rings (SSSR count). The van der Waals surface area contributed by atoms with E-state index in [1.54, 1.807) is 18.2 Å². The number of nitrogens with one attached hydrogen (secondary N) is 2. The van der Waals surface area contributed by atoms with Gasteiger partial charge in [-0.25, -0.2) is 18.4 Å². The van der Waals surface area contributed by atoms with Gasteiger partial charge >= 0.3 is 0 Å². The topological polar surface area (TPSA) is 93.2 Å². The number of sulfonamides is 1. The summed E-state index contributed by atoms with van der Waals surface area (Å²) in [6.07, 6.45) is 0. The third-order valence-electron chi connectivity index (χ3n) is 4.82. The molecule has 0 aliphatic heterocycles. The lowest BCUT2D eigenvalue weighted by atomic mass is 10.1. The predicted octanol–water partition coefficient (Wildman–Crippen LogP) is 4.80. The van der Waals surface area contributed by atoms with Crippen molar-refractivity contribution in [1.29, 1.82) is 0 Å². The Morgan fingerprint density at radius 1 is 0.839 bits per heavy atom. The van der Waals surface area contributed by atoms with Crippen molar-refractivity contribution in [3.63, 3.8) is 0 Å². The average molecular weight is 435 g/mol. The van der Waals surface area contributed by atoms with Crippen molar-refractivity contribution in [3.05, 3.63) is 77.9 Å². The van der Waals surface area contributed by atoms with E-state index < -0.39 is 10.0 Å². The van der Waals surface area contributed by atoms with Gasteiger partial charge < -0.3 is 10.1 Å². The van der Waals surface area contributed by atoms with Gasteiger partial charge in [0.05, 0.1) is 23.0 Å². The van der Waals surface area contributed by atoms with Crippen molar-refractivity contribution in [2.24, 2.45) is 0 Å². The molecule has 0 saturated heterocycles. The van der Waals surface area contributed by atoms with Crippen LogP contribution in [0, 0.1) is 13.8 Å². The SMILES string of the molecule is COc1ccc(S(=O)(=O)Nc2nc3ccccc3nc2Nc2cc(C)ccc2C)cc1. The molecule has 0 radical (unpaired) electrons. The summed E-state index contributed by atoms with van der Waals surface area (Å²) >= 11 is 0. The van der Waals surface area contributed by atoms with E-state index in [0.717, 1.165) is 16.8 Å². The molecule has 8 heteroatoms. The molecular formula is C23H22N4O3S. The van der Waals surface area contributed by atoms with Crippen LogP contribution in [0.5, 0.6) is 5.75 Å². The first kappa shape index (κ1) is 20.6. The largest absolute Gasteiger partial charge is 0.497 e. The minimum atomic E-state index is -3.89. The molecule has 0 aliphatic carbocycles. The highest BCUT2D eigenvalue weighted by Gasteiger charge is 2.19. The number of para-hydroxylation sites is 2. The van der Waals surface area contributed by atoms with Crippen LogP contribution in [0.2, 0.25) is 0 Å².